The monoisotopic (exact) mass is 192 g/mol. The first-order valence-corrected chi connectivity index (χ1v) is 4.84. The highest BCUT2D eigenvalue weighted by Crippen LogP contribution is 2.02. The fourth-order valence-corrected chi connectivity index (χ4v) is 1.21. The lowest BCUT2D eigenvalue weighted by Gasteiger charge is -2.03. The number of rotatable bonds is 5. The second kappa shape index (κ2) is 5.50. The Bertz CT molecular complexity index is 283. The Morgan fingerprint density at radius 3 is 3.00 bits per heavy atom. The number of ketones is 1. The molecule has 0 bridgehead atoms. The van der Waals surface area contributed by atoms with Crippen LogP contribution in [0.4, 0.5) is 0 Å². The molecule has 0 aliphatic heterocycles. The highest BCUT2D eigenvalue weighted by Gasteiger charge is 2.04. The maximum absolute atomic E-state index is 11.4. The van der Waals surface area contributed by atoms with Crippen LogP contribution in [0.15, 0.2) is 24.5 Å². The summed E-state index contributed by atoms with van der Waals surface area (Å²) in [4.78, 5) is 15.4. The topological polar surface area (TPSA) is 56.0 Å². The molecule has 1 heterocycles. The van der Waals surface area contributed by atoms with Crippen LogP contribution in [0.1, 0.15) is 25.3 Å². The van der Waals surface area contributed by atoms with Crippen molar-refractivity contribution < 1.29 is 4.79 Å². The number of nitrogens with zero attached hydrogens (tertiary/aromatic N) is 1. The normalized spacial score (nSPS) is 12.4. The van der Waals surface area contributed by atoms with Crippen LogP contribution in [0, 0.1) is 0 Å². The van der Waals surface area contributed by atoms with Crippen molar-refractivity contribution in [2.24, 2.45) is 5.73 Å². The van der Waals surface area contributed by atoms with Gasteiger partial charge in [0.25, 0.3) is 0 Å². The van der Waals surface area contributed by atoms with E-state index in [1.54, 1.807) is 12.4 Å². The zero-order chi connectivity index (χ0) is 10.4. The van der Waals surface area contributed by atoms with Crippen LogP contribution < -0.4 is 5.73 Å². The third-order valence-electron chi connectivity index (χ3n) is 2.00. The fourth-order valence-electron chi connectivity index (χ4n) is 1.21. The minimum absolute atomic E-state index is 0.104. The van der Waals surface area contributed by atoms with Crippen molar-refractivity contribution >= 4 is 5.78 Å². The van der Waals surface area contributed by atoms with E-state index in [-0.39, 0.29) is 11.8 Å². The van der Waals surface area contributed by atoms with Gasteiger partial charge in [-0.2, -0.15) is 0 Å². The van der Waals surface area contributed by atoms with Gasteiger partial charge in [-0.25, -0.2) is 0 Å². The van der Waals surface area contributed by atoms with E-state index in [2.05, 4.69) is 4.98 Å². The van der Waals surface area contributed by atoms with E-state index >= 15 is 0 Å². The maximum Gasteiger partial charge on any atom is 0.137 e. The summed E-state index contributed by atoms with van der Waals surface area (Å²) >= 11 is 0. The Morgan fingerprint density at radius 2 is 2.43 bits per heavy atom. The molecule has 1 aromatic heterocycles. The van der Waals surface area contributed by atoms with Crippen molar-refractivity contribution in [3.63, 3.8) is 0 Å². The molecule has 1 rings (SSSR count). The number of hydrogen-bond donors (Lipinski definition) is 1. The molecule has 0 saturated heterocycles. The molecule has 2 N–H and O–H groups in total. The van der Waals surface area contributed by atoms with E-state index in [1.165, 1.54) is 0 Å². The lowest BCUT2D eigenvalue weighted by atomic mass is 10.1. The predicted molar refractivity (Wildman–Crippen MR) is 55.8 cm³/mol. The predicted octanol–water partition coefficient (Wildman–Crippen LogP) is 1.32. The van der Waals surface area contributed by atoms with Crippen LogP contribution in [-0.2, 0) is 11.2 Å². The average molecular weight is 192 g/mol. The summed E-state index contributed by atoms with van der Waals surface area (Å²) in [6.45, 7) is 1.91. The molecule has 76 valence electrons. The Morgan fingerprint density at radius 1 is 1.64 bits per heavy atom. The van der Waals surface area contributed by atoms with Crippen molar-refractivity contribution in [1.29, 1.82) is 0 Å². The van der Waals surface area contributed by atoms with Crippen molar-refractivity contribution in [2.75, 3.05) is 0 Å². The molecule has 0 aliphatic carbocycles. The minimum atomic E-state index is 0.104. The average Bonchev–Trinajstić information content (AvgIpc) is 2.16. The Labute approximate surface area is 84.3 Å². The number of aromatic nitrogens is 1. The van der Waals surface area contributed by atoms with Crippen molar-refractivity contribution in [2.45, 2.75) is 32.2 Å². The fraction of sp³-hybridized carbons (Fsp3) is 0.455. The summed E-state index contributed by atoms with van der Waals surface area (Å²) in [5.41, 5.74) is 6.54. The molecule has 0 spiro atoms. The van der Waals surface area contributed by atoms with Gasteiger partial charge in [0.05, 0.1) is 0 Å². The summed E-state index contributed by atoms with van der Waals surface area (Å²) in [6.07, 6.45) is 5.23. The molecule has 0 aromatic carbocycles. The third-order valence-corrected chi connectivity index (χ3v) is 2.00. The lowest BCUT2D eigenvalue weighted by molar-refractivity contribution is -0.118. The SMILES string of the molecule is CC(N)CCC(=O)Cc1cccnc1. The molecule has 0 saturated carbocycles. The van der Waals surface area contributed by atoms with E-state index < -0.39 is 0 Å². The molecular weight excluding hydrogens is 176 g/mol. The lowest BCUT2D eigenvalue weighted by Crippen LogP contribution is -2.16. The zero-order valence-electron chi connectivity index (χ0n) is 8.44. The van der Waals surface area contributed by atoms with E-state index in [1.807, 2.05) is 19.1 Å². The van der Waals surface area contributed by atoms with Crippen molar-refractivity contribution in [3.05, 3.63) is 30.1 Å². The van der Waals surface area contributed by atoms with Crippen LogP contribution >= 0.6 is 0 Å². The largest absolute Gasteiger partial charge is 0.328 e. The highest BCUT2D eigenvalue weighted by atomic mass is 16.1. The first-order chi connectivity index (χ1) is 6.68. The van der Waals surface area contributed by atoms with Crippen LogP contribution in [-0.4, -0.2) is 16.8 Å². The van der Waals surface area contributed by atoms with Gasteiger partial charge < -0.3 is 5.73 Å². The van der Waals surface area contributed by atoms with Crippen LogP contribution in [0.25, 0.3) is 0 Å². The molecule has 0 radical (unpaired) electrons. The Balaban J connectivity index is 2.35. The number of pyridine rings is 1. The maximum atomic E-state index is 11.4. The van der Waals surface area contributed by atoms with E-state index in [0.29, 0.717) is 12.8 Å². The molecule has 14 heavy (non-hydrogen) atoms. The number of carbonyl (C=O) groups excluding carboxylic acids is 1. The van der Waals surface area contributed by atoms with E-state index in [4.69, 9.17) is 5.73 Å². The number of Topliss-reactive ketones (excluding diaryl/α,β-unsaturated/α-hetero) is 1. The molecule has 3 heteroatoms. The Hall–Kier alpha value is -1.22. The summed E-state index contributed by atoms with van der Waals surface area (Å²) in [5.74, 6) is 0.232. The van der Waals surface area contributed by atoms with Gasteiger partial charge in [0.2, 0.25) is 0 Å². The molecule has 0 fully saturated rings. The second-order valence-electron chi connectivity index (χ2n) is 3.59. The van der Waals surface area contributed by atoms with Gasteiger partial charge in [-0.3, -0.25) is 9.78 Å². The molecular formula is C11H16N2O. The van der Waals surface area contributed by atoms with Gasteiger partial charge >= 0.3 is 0 Å². The van der Waals surface area contributed by atoms with Crippen LogP contribution in [0.2, 0.25) is 0 Å². The third kappa shape index (κ3) is 4.14. The molecule has 1 aromatic rings. The molecule has 3 nitrogen and oxygen atoms in total. The summed E-state index contributed by atoms with van der Waals surface area (Å²) in [6, 6.07) is 3.86. The zero-order valence-corrected chi connectivity index (χ0v) is 8.44. The first kappa shape index (κ1) is 10.9. The molecule has 0 amide bonds. The second-order valence-corrected chi connectivity index (χ2v) is 3.59. The standard InChI is InChI=1S/C11H16N2O/c1-9(12)4-5-11(14)7-10-3-2-6-13-8-10/h2-3,6,8-9H,4-5,7,12H2,1H3. The van der Waals surface area contributed by atoms with Gasteiger partial charge in [0.15, 0.2) is 0 Å². The van der Waals surface area contributed by atoms with E-state index in [0.717, 1.165) is 12.0 Å². The molecule has 1 atom stereocenters. The summed E-state index contributed by atoms with van der Waals surface area (Å²) in [5, 5.41) is 0. The van der Waals surface area contributed by atoms with Crippen LogP contribution in [0.3, 0.4) is 0 Å². The van der Waals surface area contributed by atoms with Gasteiger partial charge in [-0.1, -0.05) is 6.07 Å². The van der Waals surface area contributed by atoms with Gasteiger partial charge in [-0.15, -0.1) is 0 Å². The van der Waals surface area contributed by atoms with Gasteiger partial charge in [0, 0.05) is 31.3 Å². The molecule has 1 unspecified atom stereocenters. The van der Waals surface area contributed by atoms with Gasteiger partial charge in [0.1, 0.15) is 5.78 Å². The van der Waals surface area contributed by atoms with Crippen molar-refractivity contribution in [3.8, 4) is 0 Å². The number of carbonyl (C=O) groups is 1. The van der Waals surface area contributed by atoms with Crippen LogP contribution in [0.5, 0.6) is 0 Å². The minimum Gasteiger partial charge on any atom is -0.328 e. The van der Waals surface area contributed by atoms with Gasteiger partial charge in [-0.05, 0) is 25.0 Å². The quantitative estimate of drug-likeness (QED) is 0.765. The highest BCUT2D eigenvalue weighted by molar-refractivity contribution is 5.80. The molecule has 0 aliphatic rings. The number of hydrogen-bond acceptors (Lipinski definition) is 3. The smallest absolute Gasteiger partial charge is 0.137 e. The summed E-state index contributed by atoms with van der Waals surface area (Å²) < 4.78 is 0. The summed E-state index contributed by atoms with van der Waals surface area (Å²) in [7, 11) is 0. The number of nitrogens with two attached hydrogens (primary N) is 1. The Kier molecular flexibility index (Phi) is 4.26. The van der Waals surface area contributed by atoms with E-state index in [9.17, 15) is 4.79 Å². The first-order valence-electron chi connectivity index (χ1n) is 4.84. The van der Waals surface area contributed by atoms with Crippen molar-refractivity contribution in [1.82, 2.24) is 4.98 Å².